The van der Waals surface area contributed by atoms with Gasteiger partial charge in [-0.05, 0) is 48.6 Å². The molecule has 0 aliphatic rings. The van der Waals surface area contributed by atoms with Crippen molar-refractivity contribution in [1.29, 1.82) is 0 Å². The largest absolute Gasteiger partial charge is 0.491 e. The molecule has 0 saturated heterocycles. The van der Waals surface area contributed by atoms with E-state index < -0.39 is 0 Å². The van der Waals surface area contributed by atoms with Crippen molar-refractivity contribution in [1.82, 2.24) is 14.6 Å². The monoisotopic (exact) mass is 357 g/mol. The number of aromatic nitrogens is 3. The van der Waals surface area contributed by atoms with Crippen molar-refractivity contribution in [2.45, 2.75) is 24.8 Å². The minimum absolute atomic E-state index is 0.548. The smallest absolute Gasteiger partial charge is 0.154 e. The molecule has 1 aromatic carbocycles. The first-order valence-electron chi connectivity index (χ1n) is 8.51. The Kier molecular flexibility index (Phi) is 6.30. The van der Waals surface area contributed by atoms with E-state index in [4.69, 9.17) is 9.47 Å². The Hall–Kier alpha value is -2.05. The van der Waals surface area contributed by atoms with Gasteiger partial charge in [-0.25, -0.2) is 9.50 Å². The summed E-state index contributed by atoms with van der Waals surface area (Å²) < 4.78 is 12.4. The van der Waals surface area contributed by atoms with Crippen LogP contribution in [0.3, 0.4) is 0 Å². The normalized spacial score (nSPS) is 11.1. The molecular formula is C19H23N3O2S. The Morgan fingerprint density at radius 1 is 1.08 bits per heavy atom. The number of hydrogen-bond donors (Lipinski definition) is 0. The van der Waals surface area contributed by atoms with E-state index >= 15 is 0 Å². The van der Waals surface area contributed by atoms with Gasteiger partial charge >= 0.3 is 0 Å². The van der Waals surface area contributed by atoms with Crippen LogP contribution in [0.5, 0.6) is 5.75 Å². The minimum Gasteiger partial charge on any atom is -0.491 e. The lowest BCUT2D eigenvalue weighted by atomic mass is 10.2. The number of hydrogen-bond acceptors (Lipinski definition) is 5. The van der Waals surface area contributed by atoms with Crippen LogP contribution in [0.2, 0.25) is 0 Å². The molecule has 3 rings (SSSR count). The summed E-state index contributed by atoms with van der Waals surface area (Å²) in [4.78, 5) is 4.66. The molecule has 5 nitrogen and oxygen atoms in total. The van der Waals surface area contributed by atoms with Gasteiger partial charge in [0.1, 0.15) is 17.4 Å². The highest BCUT2D eigenvalue weighted by atomic mass is 32.2. The average molecular weight is 357 g/mol. The van der Waals surface area contributed by atoms with Gasteiger partial charge in [0, 0.05) is 12.7 Å². The lowest BCUT2D eigenvalue weighted by molar-refractivity contribution is 0.146. The van der Waals surface area contributed by atoms with Crippen LogP contribution in [0.25, 0.3) is 16.9 Å². The highest BCUT2D eigenvalue weighted by molar-refractivity contribution is 7.99. The summed E-state index contributed by atoms with van der Waals surface area (Å²) in [6, 6.07) is 12.0. The third-order valence-corrected chi connectivity index (χ3v) is 4.76. The maximum Gasteiger partial charge on any atom is 0.154 e. The second kappa shape index (κ2) is 8.87. The topological polar surface area (TPSA) is 48.7 Å². The average Bonchev–Trinajstić information content (AvgIpc) is 3.06. The molecule has 0 aliphatic heterocycles. The van der Waals surface area contributed by atoms with Crippen LogP contribution >= 0.6 is 11.8 Å². The van der Waals surface area contributed by atoms with Gasteiger partial charge in [0.05, 0.1) is 18.5 Å². The molecule has 0 saturated carbocycles. The summed E-state index contributed by atoms with van der Waals surface area (Å²) in [6.45, 7) is 3.33. The molecule has 0 aliphatic carbocycles. The summed E-state index contributed by atoms with van der Waals surface area (Å²) in [5, 5.41) is 5.67. The van der Waals surface area contributed by atoms with E-state index in [2.05, 4.69) is 17.0 Å². The first-order chi connectivity index (χ1) is 12.3. The van der Waals surface area contributed by atoms with Crippen molar-refractivity contribution in [3.05, 3.63) is 42.6 Å². The van der Waals surface area contributed by atoms with Gasteiger partial charge < -0.3 is 9.47 Å². The molecule has 0 spiro atoms. The fourth-order valence-corrected chi connectivity index (χ4v) is 3.32. The van der Waals surface area contributed by atoms with Gasteiger partial charge in [-0.2, -0.15) is 5.10 Å². The fraction of sp³-hybridized carbons (Fsp3) is 0.368. The molecule has 0 amide bonds. The molecular weight excluding hydrogens is 334 g/mol. The maximum absolute atomic E-state index is 5.59. The zero-order chi connectivity index (χ0) is 17.5. The Morgan fingerprint density at radius 3 is 2.68 bits per heavy atom. The summed E-state index contributed by atoms with van der Waals surface area (Å²) >= 11 is 1.79. The number of benzene rings is 1. The zero-order valence-electron chi connectivity index (χ0n) is 14.6. The van der Waals surface area contributed by atoms with Crippen molar-refractivity contribution in [2.24, 2.45) is 0 Å². The Labute approximate surface area is 152 Å². The lowest BCUT2D eigenvalue weighted by Gasteiger charge is -2.05. The van der Waals surface area contributed by atoms with Crippen LogP contribution in [0.1, 0.15) is 19.8 Å². The first kappa shape index (κ1) is 17.8. The van der Waals surface area contributed by atoms with Gasteiger partial charge in [0.25, 0.3) is 0 Å². The quantitative estimate of drug-likeness (QED) is 0.422. The van der Waals surface area contributed by atoms with Gasteiger partial charge in [-0.1, -0.05) is 13.3 Å². The lowest BCUT2D eigenvalue weighted by Crippen LogP contribution is -2.03. The van der Waals surface area contributed by atoms with Gasteiger partial charge in [0.15, 0.2) is 5.65 Å². The van der Waals surface area contributed by atoms with Crippen LogP contribution < -0.4 is 4.74 Å². The third kappa shape index (κ3) is 4.74. The number of methoxy groups -OCH3 is 1. The van der Waals surface area contributed by atoms with Gasteiger partial charge in [0.2, 0.25) is 0 Å². The molecule has 132 valence electrons. The second-order valence-electron chi connectivity index (χ2n) is 5.67. The fourth-order valence-electron chi connectivity index (χ4n) is 2.37. The Balaban J connectivity index is 1.72. The number of unbranched alkanes of at least 4 members (excludes halogenated alkanes) is 1. The predicted octanol–water partition coefficient (Wildman–Crippen LogP) is 4.31. The number of nitrogens with zero attached hydrogens (tertiary/aromatic N) is 3. The van der Waals surface area contributed by atoms with Crippen LogP contribution in [0.4, 0.5) is 0 Å². The zero-order valence-corrected chi connectivity index (χ0v) is 15.5. The third-order valence-electron chi connectivity index (χ3n) is 3.75. The van der Waals surface area contributed by atoms with Crippen molar-refractivity contribution in [3.8, 4) is 17.0 Å². The Morgan fingerprint density at radius 2 is 1.92 bits per heavy atom. The molecule has 2 aromatic heterocycles. The molecule has 3 aromatic rings. The molecule has 25 heavy (non-hydrogen) atoms. The molecule has 0 N–H and O–H groups in total. The van der Waals surface area contributed by atoms with Crippen molar-refractivity contribution in [2.75, 3.05) is 26.1 Å². The van der Waals surface area contributed by atoms with E-state index in [-0.39, 0.29) is 0 Å². The molecule has 0 radical (unpaired) electrons. The molecule has 0 bridgehead atoms. The number of fused-ring (bicyclic) bond motifs is 1. The summed E-state index contributed by atoms with van der Waals surface area (Å²) in [6.07, 6.45) is 4.38. The Bertz CT molecular complexity index is 802. The molecule has 6 heteroatoms. The molecule has 0 atom stereocenters. The first-order valence-corrected chi connectivity index (χ1v) is 9.50. The molecule has 0 unspecified atom stereocenters. The van der Waals surface area contributed by atoms with E-state index in [9.17, 15) is 0 Å². The van der Waals surface area contributed by atoms with E-state index in [1.54, 1.807) is 18.9 Å². The number of imidazole rings is 1. The van der Waals surface area contributed by atoms with E-state index in [1.165, 1.54) is 12.8 Å². The van der Waals surface area contributed by atoms with Crippen LogP contribution in [-0.2, 0) is 4.74 Å². The second-order valence-corrected chi connectivity index (χ2v) is 6.78. The van der Waals surface area contributed by atoms with Crippen molar-refractivity contribution < 1.29 is 9.47 Å². The van der Waals surface area contributed by atoms with Crippen LogP contribution in [0, 0.1) is 0 Å². The van der Waals surface area contributed by atoms with E-state index in [0.29, 0.717) is 13.2 Å². The van der Waals surface area contributed by atoms with Crippen LogP contribution in [-0.4, -0.2) is 40.7 Å². The maximum atomic E-state index is 5.59. The highest BCUT2D eigenvalue weighted by Gasteiger charge is 2.07. The number of rotatable bonds is 9. The SMILES string of the molecule is CCCCSc1ccc2nc(-c3ccc(OCCOC)cc3)cn2n1. The summed E-state index contributed by atoms with van der Waals surface area (Å²) in [5.74, 6) is 1.93. The van der Waals surface area contributed by atoms with Gasteiger partial charge in [-0.15, -0.1) is 11.8 Å². The number of thioether (sulfide) groups is 1. The summed E-state index contributed by atoms with van der Waals surface area (Å²) in [7, 11) is 1.66. The van der Waals surface area contributed by atoms with Gasteiger partial charge in [-0.3, -0.25) is 0 Å². The van der Waals surface area contributed by atoms with Crippen molar-refractivity contribution >= 4 is 17.4 Å². The van der Waals surface area contributed by atoms with Crippen LogP contribution in [0.15, 0.2) is 47.6 Å². The van der Waals surface area contributed by atoms with E-state index in [1.807, 2.05) is 47.1 Å². The van der Waals surface area contributed by atoms with E-state index in [0.717, 1.165) is 33.4 Å². The predicted molar refractivity (Wildman–Crippen MR) is 101 cm³/mol. The molecule has 2 heterocycles. The standard InChI is InChI=1S/C19H23N3O2S/c1-3-4-13-25-19-10-9-18-20-17(14-22(18)21-19)15-5-7-16(8-6-15)24-12-11-23-2/h5-10,14H,3-4,11-13H2,1-2H3. The molecule has 0 fully saturated rings. The minimum atomic E-state index is 0.548. The number of ether oxygens (including phenoxy) is 2. The van der Waals surface area contributed by atoms with Crippen molar-refractivity contribution in [3.63, 3.8) is 0 Å². The highest BCUT2D eigenvalue weighted by Crippen LogP contribution is 2.23. The summed E-state index contributed by atoms with van der Waals surface area (Å²) in [5.41, 5.74) is 2.81.